The second kappa shape index (κ2) is 20.1. The highest BCUT2D eigenvalue weighted by Gasteiger charge is 2.06. The highest BCUT2D eigenvalue weighted by molar-refractivity contribution is 7.07. The fourth-order valence-corrected chi connectivity index (χ4v) is 5.32. The summed E-state index contributed by atoms with van der Waals surface area (Å²) in [6.07, 6.45) is 21.1. The molecule has 3 rings (SSSR count). The lowest BCUT2D eigenvalue weighted by atomic mass is 10.0. The second-order valence-corrected chi connectivity index (χ2v) is 11.4. The van der Waals surface area contributed by atoms with Crippen LogP contribution in [0.3, 0.4) is 0 Å². The van der Waals surface area contributed by atoms with E-state index in [9.17, 15) is 4.79 Å². The largest absolute Gasteiger partial charge is 0.494 e. The lowest BCUT2D eigenvalue weighted by Gasteiger charge is -2.09. The minimum atomic E-state index is -0.182. The molecule has 1 aromatic heterocycles. The number of nitrogens with zero attached hydrogens (tertiary/aromatic N) is 1. The number of hydrogen-bond donors (Lipinski definition) is 1. The van der Waals surface area contributed by atoms with E-state index in [1.165, 1.54) is 89.0 Å². The number of anilines is 1. The zero-order valence-electron chi connectivity index (χ0n) is 24.5. The number of unbranched alkanes of at least 4 members (excludes halogenated alkanes) is 13. The van der Waals surface area contributed by atoms with Crippen molar-refractivity contribution >= 4 is 22.9 Å². The van der Waals surface area contributed by atoms with Gasteiger partial charge in [0.05, 0.1) is 12.0 Å². The van der Waals surface area contributed by atoms with Crippen LogP contribution in [0.5, 0.6) is 11.5 Å². The zero-order chi connectivity index (χ0) is 28.1. The van der Waals surface area contributed by atoms with Gasteiger partial charge in [-0.3, -0.25) is 4.79 Å². The van der Waals surface area contributed by atoms with Gasteiger partial charge in [-0.05, 0) is 42.8 Å². The van der Waals surface area contributed by atoms with Gasteiger partial charge in [0.15, 0.2) is 19.3 Å². The van der Waals surface area contributed by atoms with Crippen LogP contribution in [0, 0.1) is 0 Å². The van der Waals surface area contributed by atoms with Gasteiger partial charge in [-0.25, -0.2) is 0 Å². The predicted molar refractivity (Wildman–Crippen MR) is 166 cm³/mol. The molecule has 0 spiro atoms. The maximum atomic E-state index is 12.3. The first-order valence-electron chi connectivity index (χ1n) is 15.4. The van der Waals surface area contributed by atoms with Gasteiger partial charge in [0.2, 0.25) is 5.51 Å². The first kappa shape index (κ1) is 31.7. The summed E-state index contributed by atoms with van der Waals surface area (Å²) < 4.78 is 13.7. The van der Waals surface area contributed by atoms with E-state index in [1.54, 1.807) is 11.3 Å². The van der Waals surface area contributed by atoms with Crippen molar-refractivity contribution in [1.82, 2.24) is 0 Å². The normalized spacial score (nSPS) is 10.9. The fourth-order valence-electron chi connectivity index (χ4n) is 4.72. The van der Waals surface area contributed by atoms with E-state index in [0.29, 0.717) is 5.75 Å². The molecule has 1 N–H and O–H groups in total. The summed E-state index contributed by atoms with van der Waals surface area (Å²) in [4.78, 5) is 12.3. The lowest BCUT2D eigenvalue weighted by Crippen LogP contribution is -2.30. The molecule has 3 aromatic rings. The van der Waals surface area contributed by atoms with Crippen LogP contribution in [0.25, 0.3) is 0 Å². The minimum Gasteiger partial charge on any atom is -0.494 e. The number of thiazole rings is 1. The fraction of sp³-hybridized carbons (Fsp3) is 0.529. The number of benzene rings is 2. The van der Waals surface area contributed by atoms with Gasteiger partial charge in [0.1, 0.15) is 11.5 Å². The lowest BCUT2D eigenvalue weighted by molar-refractivity contribution is -0.683. The van der Waals surface area contributed by atoms with Crippen molar-refractivity contribution in [3.05, 3.63) is 71.2 Å². The molecule has 40 heavy (non-hydrogen) atoms. The quantitative estimate of drug-likeness (QED) is 0.0977. The Bertz CT molecular complexity index is 1040. The molecule has 1 heterocycles. The van der Waals surface area contributed by atoms with Crippen molar-refractivity contribution in [2.24, 2.45) is 0 Å². The molecule has 0 radical (unpaired) electrons. The Labute approximate surface area is 245 Å². The Morgan fingerprint density at radius 1 is 0.725 bits per heavy atom. The summed E-state index contributed by atoms with van der Waals surface area (Å²) in [7, 11) is 0. The molecular formula is C34H49N2O3S+. The van der Waals surface area contributed by atoms with E-state index in [-0.39, 0.29) is 12.5 Å². The number of amides is 1. The molecule has 0 atom stereocenters. The molecule has 6 heteroatoms. The molecule has 0 aliphatic rings. The van der Waals surface area contributed by atoms with Crippen molar-refractivity contribution < 1.29 is 18.8 Å². The van der Waals surface area contributed by atoms with E-state index in [1.807, 2.05) is 48.5 Å². The molecule has 0 aliphatic heterocycles. The molecule has 0 saturated carbocycles. The molecule has 5 nitrogen and oxygen atoms in total. The van der Waals surface area contributed by atoms with E-state index >= 15 is 0 Å². The maximum absolute atomic E-state index is 12.3. The van der Waals surface area contributed by atoms with Gasteiger partial charge in [-0.15, -0.1) is 0 Å². The molecule has 218 valence electrons. The van der Waals surface area contributed by atoms with Gasteiger partial charge in [0.25, 0.3) is 5.91 Å². The van der Waals surface area contributed by atoms with Crippen molar-refractivity contribution in [2.75, 3.05) is 18.5 Å². The summed E-state index contributed by atoms with van der Waals surface area (Å²) in [6.45, 7) is 3.80. The highest BCUT2D eigenvalue weighted by Crippen LogP contribution is 2.19. The number of ether oxygens (including phenoxy) is 2. The maximum Gasteiger partial charge on any atom is 0.262 e. The van der Waals surface area contributed by atoms with Gasteiger partial charge in [-0.1, -0.05) is 114 Å². The summed E-state index contributed by atoms with van der Waals surface area (Å²) in [6, 6.07) is 15.4. The van der Waals surface area contributed by atoms with E-state index in [4.69, 9.17) is 9.47 Å². The van der Waals surface area contributed by atoms with E-state index in [2.05, 4.69) is 33.9 Å². The molecule has 0 fully saturated rings. The first-order chi connectivity index (χ1) is 19.7. The Morgan fingerprint density at radius 2 is 1.27 bits per heavy atom. The number of carbonyl (C=O) groups is 1. The van der Waals surface area contributed by atoms with Crippen LogP contribution >= 0.6 is 11.3 Å². The van der Waals surface area contributed by atoms with Crippen molar-refractivity contribution in [2.45, 2.75) is 103 Å². The molecule has 0 unspecified atom stereocenters. The number of aromatic nitrogens is 1. The minimum absolute atomic E-state index is 0.0360. The van der Waals surface area contributed by atoms with Crippen molar-refractivity contribution in [3.8, 4) is 11.5 Å². The van der Waals surface area contributed by atoms with E-state index in [0.717, 1.165) is 31.0 Å². The van der Waals surface area contributed by atoms with Crippen molar-refractivity contribution in [3.63, 3.8) is 0 Å². The molecule has 2 aromatic carbocycles. The van der Waals surface area contributed by atoms with Gasteiger partial charge >= 0.3 is 0 Å². The summed E-state index contributed by atoms with van der Waals surface area (Å²) in [5.74, 6) is 1.31. The Kier molecular flexibility index (Phi) is 15.9. The summed E-state index contributed by atoms with van der Waals surface area (Å²) >= 11 is 1.67. The third-order valence-electron chi connectivity index (χ3n) is 7.09. The van der Waals surface area contributed by atoms with Crippen LogP contribution in [0.2, 0.25) is 0 Å². The number of hydrogen-bond acceptors (Lipinski definition) is 4. The molecule has 0 saturated heterocycles. The first-order valence-corrected chi connectivity index (χ1v) is 16.3. The third kappa shape index (κ3) is 14.0. The topological polar surface area (TPSA) is 51.4 Å². The van der Waals surface area contributed by atoms with Crippen LogP contribution in [0.1, 0.15) is 102 Å². The Balaban J connectivity index is 1.16. The molecular weight excluding hydrogens is 516 g/mol. The average Bonchev–Trinajstić information content (AvgIpc) is 3.49. The van der Waals surface area contributed by atoms with Crippen LogP contribution in [0.15, 0.2) is 65.6 Å². The number of carbonyl (C=O) groups excluding carboxylic acids is 1. The smallest absolute Gasteiger partial charge is 0.262 e. The van der Waals surface area contributed by atoms with Crippen LogP contribution in [-0.4, -0.2) is 19.1 Å². The van der Waals surface area contributed by atoms with Crippen LogP contribution in [0.4, 0.5) is 5.69 Å². The summed E-state index contributed by atoms with van der Waals surface area (Å²) in [5.41, 5.74) is 4.02. The molecule has 0 aliphatic carbocycles. The van der Waals surface area contributed by atoms with Crippen LogP contribution < -0.4 is 19.4 Å². The molecule has 1 amide bonds. The second-order valence-electron chi connectivity index (χ2n) is 10.6. The Morgan fingerprint density at radius 3 is 1.82 bits per heavy atom. The van der Waals surface area contributed by atoms with Gasteiger partial charge in [0, 0.05) is 11.3 Å². The van der Waals surface area contributed by atoms with Crippen molar-refractivity contribution in [1.29, 1.82) is 0 Å². The average molecular weight is 566 g/mol. The van der Waals surface area contributed by atoms with Crippen LogP contribution in [-0.2, 0) is 11.3 Å². The van der Waals surface area contributed by atoms with E-state index < -0.39 is 0 Å². The van der Waals surface area contributed by atoms with Gasteiger partial charge in [-0.2, -0.15) is 4.57 Å². The zero-order valence-corrected chi connectivity index (χ0v) is 25.3. The van der Waals surface area contributed by atoms with Gasteiger partial charge < -0.3 is 14.8 Å². The standard InChI is InChI=1S/C34H48N2O3S/c1-2-3-4-5-6-7-8-9-10-11-12-13-14-15-25-38-32-20-22-33(23-21-32)39-28-34(37)35-31-18-16-30(17-19-31)27-36-24-26-40-29-36/h16-24,26,29H,2-15,25,27-28H2,1H3/p+1. The number of rotatable bonds is 22. The third-order valence-corrected chi connectivity index (χ3v) is 7.76. The molecule has 0 bridgehead atoms. The predicted octanol–water partition coefficient (Wildman–Crippen LogP) is 8.96. The SMILES string of the molecule is CCCCCCCCCCCCCCCCOc1ccc(OCC(=O)Nc2ccc(C[n+]3ccsc3)cc2)cc1. The Hall–Kier alpha value is -2.86. The number of nitrogens with one attached hydrogen (secondary N) is 1. The monoisotopic (exact) mass is 565 g/mol. The summed E-state index contributed by atoms with van der Waals surface area (Å²) in [5, 5.41) is 4.94. The highest BCUT2D eigenvalue weighted by atomic mass is 32.1.